The zero-order chi connectivity index (χ0) is 24.5. The zero-order valence-electron chi connectivity index (χ0n) is 17.8. The molecule has 3 N–H and O–H groups in total. The smallest absolute Gasteiger partial charge is 0.361 e. The van der Waals surface area contributed by atoms with E-state index in [0.29, 0.717) is 17.8 Å². The van der Waals surface area contributed by atoms with E-state index in [2.05, 4.69) is 35.2 Å². The third-order valence-corrected chi connectivity index (χ3v) is 5.60. The van der Waals surface area contributed by atoms with Crippen LogP contribution in [0.25, 0.3) is 0 Å². The maximum atomic E-state index is 12.8. The molecular formula is C21H18F3N9O. The molecule has 1 fully saturated rings. The van der Waals surface area contributed by atoms with Crippen LogP contribution in [-0.4, -0.2) is 35.6 Å². The zero-order valence-corrected chi connectivity index (χ0v) is 17.8. The topological polar surface area (TPSA) is 157 Å². The second-order valence-corrected chi connectivity index (χ2v) is 7.75. The molecule has 0 amide bonds. The lowest BCUT2D eigenvalue weighted by Gasteiger charge is -2.34. The fourth-order valence-electron chi connectivity index (χ4n) is 3.68. The van der Waals surface area contributed by atoms with Gasteiger partial charge in [-0.15, -0.1) is 0 Å². The van der Waals surface area contributed by atoms with Crippen molar-refractivity contribution in [3.05, 3.63) is 69.8 Å². The number of aromatic amines is 1. The molecule has 3 unspecified atom stereocenters. The summed E-state index contributed by atoms with van der Waals surface area (Å²) in [6.07, 6.45) is 1.74. The Hall–Kier alpha value is -4.21. The number of nitrogens with one attached hydrogen (secondary N) is 3. The van der Waals surface area contributed by atoms with Gasteiger partial charge in [0.05, 0.1) is 24.1 Å². The predicted octanol–water partition coefficient (Wildman–Crippen LogP) is 3.09. The van der Waals surface area contributed by atoms with Crippen molar-refractivity contribution in [2.24, 2.45) is 0 Å². The molecular weight excluding hydrogens is 451 g/mol. The number of nitrogens with zero attached hydrogens (tertiary/aromatic N) is 6. The Kier molecular flexibility index (Phi) is 6.06. The van der Waals surface area contributed by atoms with Crippen LogP contribution in [0.4, 0.5) is 19.0 Å². The number of hydrogen-bond donors (Lipinski definition) is 3. The van der Waals surface area contributed by atoms with Gasteiger partial charge in [-0.05, 0) is 25.8 Å². The van der Waals surface area contributed by atoms with Crippen LogP contribution in [0.1, 0.15) is 66.2 Å². The largest absolute Gasteiger partial charge is 0.434 e. The van der Waals surface area contributed by atoms with Gasteiger partial charge < -0.3 is 10.3 Å². The number of alkyl halides is 3. The van der Waals surface area contributed by atoms with Crippen molar-refractivity contribution in [3.8, 4) is 6.07 Å². The van der Waals surface area contributed by atoms with Crippen molar-refractivity contribution < 1.29 is 13.2 Å². The second kappa shape index (κ2) is 8.97. The second-order valence-electron chi connectivity index (χ2n) is 7.75. The summed E-state index contributed by atoms with van der Waals surface area (Å²) in [5.41, 5.74) is -2.53. The van der Waals surface area contributed by atoms with Crippen LogP contribution in [0, 0.1) is 16.7 Å². The number of aromatic nitrogens is 6. The number of halogens is 3. The summed E-state index contributed by atoms with van der Waals surface area (Å²) in [5, 5.41) is 20.0. The van der Waals surface area contributed by atoms with Crippen molar-refractivity contribution in [3.63, 3.8) is 0 Å². The lowest BCUT2D eigenvalue weighted by molar-refractivity contribution is -0.141. The first-order valence-corrected chi connectivity index (χ1v) is 10.2. The fourth-order valence-corrected chi connectivity index (χ4v) is 3.68. The molecule has 13 heteroatoms. The van der Waals surface area contributed by atoms with E-state index in [1.54, 1.807) is 31.5 Å². The molecule has 3 aromatic heterocycles. The van der Waals surface area contributed by atoms with Crippen LogP contribution in [0.3, 0.4) is 0 Å². The first-order valence-electron chi connectivity index (χ1n) is 10.2. The van der Waals surface area contributed by atoms with Crippen LogP contribution in [0.15, 0.2) is 35.6 Å². The van der Waals surface area contributed by atoms with Gasteiger partial charge >= 0.3 is 6.18 Å². The molecule has 0 bridgehead atoms. The Morgan fingerprint density at radius 2 is 1.91 bits per heavy atom. The molecule has 0 aromatic carbocycles. The van der Waals surface area contributed by atoms with Crippen molar-refractivity contribution in [1.29, 1.82) is 10.7 Å². The van der Waals surface area contributed by atoms with E-state index in [1.165, 1.54) is 0 Å². The fraction of sp³-hybridized carbons (Fsp3) is 0.333. The Morgan fingerprint density at radius 3 is 2.47 bits per heavy atom. The molecule has 1 aliphatic rings. The third-order valence-electron chi connectivity index (χ3n) is 5.60. The maximum Gasteiger partial charge on any atom is 0.434 e. The molecule has 1 aliphatic carbocycles. The minimum Gasteiger partial charge on any atom is -0.361 e. The van der Waals surface area contributed by atoms with E-state index in [-0.39, 0.29) is 28.9 Å². The van der Waals surface area contributed by atoms with Gasteiger partial charge in [-0.2, -0.15) is 18.4 Å². The molecule has 3 atom stereocenters. The monoisotopic (exact) mass is 469 g/mol. The van der Waals surface area contributed by atoms with E-state index in [1.807, 2.05) is 0 Å². The normalized spacial score (nSPS) is 18.4. The molecule has 10 nitrogen and oxygen atoms in total. The highest BCUT2D eigenvalue weighted by Gasteiger charge is 2.38. The van der Waals surface area contributed by atoms with Gasteiger partial charge in [0.1, 0.15) is 34.8 Å². The summed E-state index contributed by atoms with van der Waals surface area (Å²) in [6, 6.07) is 2.60. The van der Waals surface area contributed by atoms with Gasteiger partial charge in [0.15, 0.2) is 5.69 Å². The predicted molar refractivity (Wildman–Crippen MR) is 113 cm³/mol. The summed E-state index contributed by atoms with van der Waals surface area (Å²) in [4.78, 5) is 35.7. The van der Waals surface area contributed by atoms with Crippen molar-refractivity contribution in [2.45, 2.75) is 43.8 Å². The number of anilines is 1. The van der Waals surface area contributed by atoms with Gasteiger partial charge in [-0.3, -0.25) is 15.2 Å². The first-order chi connectivity index (χ1) is 16.2. The minimum atomic E-state index is -4.62. The Morgan fingerprint density at radius 1 is 1.21 bits per heavy atom. The molecule has 3 heterocycles. The SMILES string of the molecule is CC(Nc1nc(C2CCC2c2ncccn2)[nH]c(=O)c1C(=N)C#N)c1cnc(C(F)(F)F)cn1. The summed E-state index contributed by atoms with van der Waals surface area (Å²) in [5.74, 6) is 0.687. The molecule has 0 saturated heterocycles. The number of H-pyrrole nitrogens is 1. The van der Waals surface area contributed by atoms with Gasteiger partial charge in [0.25, 0.3) is 5.56 Å². The highest BCUT2D eigenvalue weighted by molar-refractivity contribution is 6.12. The van der Waals surface area contributed by atoms with Crippen LogP contribution in [0.2, 0.25) is 0 Å². The summed E-state index contributed by atoms with van der Waals surface area (Å²) in [6.45, 7) is 1.59. The Balaban J connectivity index is 1.67. The summed E-state index contributed by atoms with van der Waals surface area (Å²) in [7, 11) is 0. The van der Waals surface area contributed by atoms with Crippen molar-refractivity contribution in [2.75, 3.05) is 5.32 Å². The van der Waals surface area contributed by atoms with E-state index in [9.17, 15) is 23.2 Å². The summed E-state index contributed by atoms with van der Waals surface area (Å²) >= 11 is 0. The molecule has 174 valence electrons. The number of nitriles is 1. The highest BCUT2D eigenvalue weighted by atomic mass is 19.4. The molecule has 1 saturated carbocycles. The lowest BCUT2D eigenvalue weighted by atomic mass is 9.72. The van der Waals surface area contributed by atoms with Crippen LogP contribution in [-0.2, 0) is 6.18 Å². The Bertz CT molecular complexity index is 1300. The van der Waals surface area contributed by atoms with Gasteiger partial charge in [-0.1, -0.05) is 0 Å². The maximum absolute atomic E-state index is 12.8. The third kappa shape index (κ3) is 4.47. The molecule has 0 spiro atoms. The molecule has 0 aliphatic heterocycles. The number of rotatable bonds is 6. The number of hydrogen-bond acceptors (Lipinski definition) is 9. The summed E-state index contributed by atoms with van der Waals surface area (Å²) < 4.78 is 38.3. The van der Waals surface area contributed by atoms with Gasteiger partial charge in [0.2, 0.25) is 0 Å². The van der Waals surface area contributed by atoms with E-state index in [0.717, 1.165) is 19.0 Å². The molecule has 34 heavy (non-hydrogen) atoms. The Labute approximate surface area is 190 Å². The highest BCUT2D eigenvalue weighted by Crippen LogP contribution is 2.46. The quantitative estimate of drug-likeness (QED) is 0.465. The average Bonchev–Trinajstić information content (AvgIpc) is 2.78. The van der Waals surface area contributed by atoms with Gasteiger partial charge in [0, 0.05) is 24.2 Å². The molecule has 4 rings (SSSR count). The average molecular weight is 469 g/mol. The van der Waals surface area contributed by atoms with Gasteiger partial charge in [-0.25, -0.2) is 19.9 Å². The van der Waals surface area contributed by atoms with Crippen molar-refractivity contribution in [1.82, 2.24) is 29.9 Å². The lowest BCUT2D eigenvalue weighted by Crippen LogP contribution is -2.30. The first kappa shape index (κ1) is 23.0. The molecule has 0 radical (unpaired) electrons. The molecule has 3 aromatic rings. The minimum absolute atomic E-state index is 0.0425. The van der Waals surface area contributed by atoms with E-state index < -0.39 is 29.2 Å². The van der Waals surface area contributed by atoms with Crippen LogP contribution < -0.4 is 10.9 Å². The van der Waals surface area contributed by atoms with E-state index in [4.69, 9.17) is 5.41 Å². The standard InChI is InChI=1S/C21H18F3N9O/c1-10(14-8-30-15(9-29-14)21(22,23)24)31-19-16(13(26)7-25)20(34)33-18(32-19)12-4-3-11(12)17-27-5-2-6-28-17/h2,5-6,8-12,26H,3-4H2,1H3,(H2,31,32,33,34). The van der Waals surface area contributed by atoms with Crippen LogP contribution in [0.5, 0.6) is 0 Å². The van der Waals surface area contributed by atoms with E-state index >= 15 is 0 Å². The van der Waals surface area contributed by atoms with Crippen molar-refractivity contribution >= 4 is 11.5 Å². The van der Waals surface area contributed by atoms with Crippen LogP contribution >= 0.6 is 0 Å².